The van der Waals surface area contributed by atoms with Gasteiger partial charge in [-0.05, 0) is 73.6 Å². The summed E-state index contributed by atoms with van der Waals surface area (Å²) in [6, 6.07) is 6.07. The molecule has 33 heavy (non-hydrogen) atoms. The van der Waals surface area contributed by atoms with Crippen LogP contribution in [0.5, 0.6) is 0 Å². The Balaban J connectivity index is 1.30. The van der Waals surface area contributed by atoms with Gasteiger partial charge in [0.25, 0.3) is 0 Å². The lowest BCUT2D eigenvalue weighted by molar-refractivity contribution is -0.136. The van der Waals surface area contributed by atoms with E-state index in [0.29, 0.717) is 30.2 Å². The minimum absolute atomic E-state index is 0.00410. The van der Waals surface area contributed by atoms with Crippen molar-refractivity contribution >= 4 is 22.5 Å². The predicted molar refractivity (Wildman–Crippen MR) is 123 cm³/mol. The fraction of sp³-hybridized carbons (Fsp3) is 0.615. The van der Waals surface area contributed by atoms with E-state index in [4.69, 9.17) is 0 Å². The fourth-order valence-corrected chi connectivity index (χ4v) is 6.68. The molecule has 4 nitrogen and oxygen atoms in total. The summed E-state index contributed by atoms with van der Waals surface area (Å²) in [5.74, 6) is 2.57. The molecule has 2 unspecified atom stereocenters. The molecule has 3 fully saturated rings. The van der Waals surface area contributed by atoms with Crippen LogP contribution in [0.25, 0.3) is 10.9 Å². The van der Waals surface area contributed by atoms with Crippen molar-refractivity contribution in [1.29, 1.82) is 0 Å². The summed E-state index contributed by atoms with van der Waals surface area (Å²) in [7, 11) is 0. The van der Waals surface area contributed by atoms with Crippen LogP contribution in [0.2, 0.25) is 0 Å². The molecule has 5 rings (SSSR count). The topological polar surface area (TPSA) is 45.2 Å². The van der Waals surface area contributed by atoms with Crippen molar-refractivity contribution in [2.45, 2.75) is 64.1 Å². The first-order chi connectivity index (χ1) is 15.8. The van der Waals surface area contributed by atoms with Crippen molar-refractivity contribution in [2.75, 3.05) is 18.0 Å². The van der Waals surface area contributed by atoms with Gasteiger partial charge in [-0.15, -0.1) is 0 Å². The number of hydrogen-bond acceptors (Lipinski definition) is 3. The van der Waals surface area contributed by atoms with Crippen LogP contribution >= 0.6 is 0 Å². The second-order valence-corrected chi connectivity index (χ2v) is 10.6. The van der Waals surface area contributed by atoms with Crippen LogP contribution in [0.15, 0.2) is 30.5 Å². The number of rotatable bonds is 4. The van der Waals surface area contributed by atoms with Crippen LogP contribution in [-0.4, -0.2) is 30.0 Å². The van der Waals surface area contributed by atoms with Crippen LogP contribution < -0.4 is 10.2 Å². The summed E-state index contributed by atoms with van der Waals surface area (Å²) >= 11 is 0. The van der Waals surface area contributed by atoms with Gasteiger partial charge in [0.1, 0.15) is 0 Å². The molecule has 2 heterocycles. The number of halogens is 3. The first kappa shape index (κ1) is 22.5. The average molecular weight is 460 g/mol. The first-order valence-electron chi connectivity index (χ1n) is 12.3. The zero-order valence-corrected chi connectivity index (χ0v) is 19.1. The lowest BCUT2D eigenvalue weighted by Crippen LogP contribution is -2.50. The molecule has 1 aliphatic heterocycles. The maximum atomic E-state index is 13.5. The molecule has 2 aliphatic carbocycles. The van der Waals surface area contributed by atoms with Crippen molar-refractivity contribution in [1.82, 2.24) is 10.3 Å². The molecule has 7 heteroatoms. The van der Waals surface area contributed by atoms with E-state index in [2.05, 4.69) is 22.1 Å². The van der Waals surface area contributed by atoms with Gasteiger partial charge in [0.15, 0.2) is 0 Å². The third-order valence-corrected chi connectivity index (χ3v) is 7.87. The van der Waals surface area contributed by atoms with Crippen molar-refractivity contribution in [3.63, 3.8) is 0 Å². The number of anilines is 1. The van der Waals surface area contributed by atoms with Gasteiger partial charge in [0.05, 0.1) is 11.1 Å². The lowest BCUT2D eigenvalue weighted by atomic mass is 9.79. The third-order valence-electron chi connectivity index (χ3n) is 7.87. The number of piperidine rings is 1. The molecule has 1 aromatic heterocycles. The summed E-state index contributed by atoms with van der Waals surface area (Å²) in [5, 5.41) is 3.76. The van der Waals surface area contributed by atoms with Gasteiger partial charge in [0.2, 0.25) is 5.91 Å². The van der Waals surface area contributed by atoms with Gasteiger partial charge < -0.3 is 10.2 Å². The molecule has 178 valence electrons. The van der Waals surface area contributed by atoms with E-state index in [1.807, 2.05) is 0 Å². The van der Waals surface area contributed by atoms with Gasteiger partial charge >= 0.3 is 6.18 Å². The number of aromatic nitrogens is 1. The van der Waals surface area contributed by atoms with E-state index in [9.17, 15) is 18.0 Å². The van der Waals surface area contributed by atoms with Gasteiger partial charge in [-0.1, -0.05) is 19.8 Å². The van der Waals surface area contributed by atoms with E-state index >= 15 is 0 Å². The van der Waals surface area contributed by atoms with Crippen molar-refractivity contribution in [3.05, 3.63) is 36.0 Å². The minimum Gasteiger partial charge on any atom is -0.369 e. The monoisotopic (exact) mass is 459 g/mol. The summed E-state index contributed by atoms with van der Waals surface area (Å²) in [6.45, 7) is 3.48. The van der Waals surface area contributed by atoms with Crippen molar-refractivity contribution in [2.24, 2.45) is 23.7 Å². The number of pyridine rings is 1. The Morgan fingerprint density at radius 1 is 1.09 bits per heavy atom. The second kappa shape index (κ2) is 8.80. The molecule has 1 aromatic carbocycles. The van der Waals surface area contributed by atoms with Crippen LogP contribution in [0.1, 0.15) is 57.4 Å². The third kappa shape index (κ3) is 4.82. The zero-order chi connectivity index (χ0) is 23.2. The molecule has 1 N–H and O–H groups in total. The number of carbonyl (C=O) groups excluding carboxylic acids is 1. The summed E-state index contributed by atoms with van der Waals surface area (Å²) in [6.07, 6.45) is 4.81. The Bertz CT molecular complexity index is 1010. The molecular weight excluding hydrogens is 427 g/mol. The van der Waals surface area contributed by atoms with E-state index in [0.717, 1.165) is 36.6 Å². The predicted octanol–water partition coefficient (Wildman–Crippen LogP) is 5.80. The maximum Gasteiger partial charge on any atom is 0.418 e. The molecule has 2 bridgehead atoms. The number of fused-ring (bicyclic) bond motifs is 3. The lowest BCUT2D eigenvalue weighted by Gasteiger charge is -2.39. The first-order valence-corrected chi connectivity index (χ1v) is 12.3. The standard InChI is InChI=1S/C26H32F3N3O/c1-16-9-20(31-24(33)13-19-11-17-4-5-18(10-17)12-19)15-32(14-16)23-7-6-22(26(27,28)29)25-21(23)3-2-8-30-25/h2-3,6-8,16-20H,4-5,9-15H2,1H3,(H,31,33)/t16-,17?,18?,19?,20+/m0/s1. The molecule has 2 aromatic rings. The minimum atomic E-state index is -4.45. The molecule has 2 saturated carbocycles. The summed E-state index contributed by atoms with van der Waals surface area (Å²) in [5.41, 5.74) is 0.0206. The number of amides is 1. The largest absolute Gasteiger partial charge is 0.418 e. The van der Waals surface area contributed by atoms with Gasteiger partial charge in [0, 0.05) is 42.8 Å². The molecule has 4 atom stereocenters. The Morgan fingerprint density at radius 3 is 2.58 bits per heavy atom. The summed E-state index contributed by atoms with van der Waals surface area (Å²) in [4.78, 5) is 19.0. The maximum absolute atomic E-state index is 13.5. The molecule has 1 saturated heterocycles. The molecule has 1 amide bonds. The van der Waals surface area contributed by atoms with Gasteiger partial charge in [-0.25, -0.2) is 0 Å². The molecule has 0 spiro atoms. The highest BCUT2D eigenvalue weighted by atomic mass is 19.4. The zero-order valence-electron chi connectivity index (χ0n) is 19.1. The van der Waals surface area contributed by atoms with Crippen LogP contribution in [0.3, 0.4) is 0 Å². The van der Waals surface area contributed by atoms with Crippen LogP contribution in [0, 0.1) is 23.7 Å². The van der Waals surface area contributed by atoms with Crippen LogP contribution in [-0.2, 0) is 11.0 Å². The Kier molecular flexibility index (Phi) is 6.00. The highest BCUT2D eigenvalue weighted by Crippen LogP contribution is 2.45. The average Bonchev–Trinajstić information content (AvgIpc) is 3.09. The quantitative estimate of drug-likeness (QED) is 0.628. The number of nitrogens with zero attached hydrogens (tertiary/aromatic N) is 2. The SMILES string of the molecule is C[C@H]1C[C@@H](NC(=O)CC2CC3CCC(C3)C2)CN(c2ccc(C(F)(F)F)c3ncccc23)C1. The highest BCUT2D eigenvalue weighted by molar-refractivity contribution is 5.94. The van der Waals surface area contributed by atoms with Gasteiger partial charge in [-0.2, -0.15) is 13.2 Å². The van der Waals surface area contributed by atoms with Crippen molar-refractivity contribution < 1.29 is 18.0 Å². The van der Waals surface area contributed by atoms with E-state index in [1.165, 1.54) is 38.3 Å². The Hall–Kier alpha value is -2.31. The molecule has 3 aliphatic rings. The van der Waals surface area contributed by atoms with E-state index < -0.39 is 11.7 Å². The van der Waals surface area contributed by atoms with Crippen LogP contribution in [0.4, 0.5) is 18.9 Å². The Labute approximate surface area is 192 Å². The number of carbonyl (C=O) groups is 1. The number of hydrogen-bond donors (Lipinski definition) is 1. The molecule has 0 radical (unpaired) electrons. The van der Waals surface area contributed by atoms with E-state index in [1.54, 1.807) is 18.2 Å². The summed E-state index contributed by atoms with van der Waals surface area (Å²) < 4.78 is 40.5. The number of benzene rings is 1. The van der Waals surface area contributed by atoms with E-state index in [-0.39, 0.29) is 17.5 Å². The second-order valence-electron chi connectivity index (χ2n) is 10.6. The fourth-order valence-electron chi connectivity index (χ4n) is 6.68. The molecular formula is C26H32F3N3O. The number of alkyl halides is 3. The smallest absolute Gasteiger partial charge is 0.369 e. The Morgan fingerprint density at radius 2 is 1.85 bits per heavy atom. The van der Waals surface area contributed by atoms with Gasteiger partial charge in [-0.3, -0.25) is 9.78 Å². The number of nitrogens with one attached hydrogen (secondary N) is 1. The highest BCUT2D eigenvalue weighted by Gasteiger charge is 2.36. The van der Waals surface area contributed by atoms with Crippen molar-refractivity contribution in [3.8, 4) is 0 Å². The normalized spacial score (nSPS) is 29.9.